The first kappa shape index (κ1) is 12.6. The van der Waals surface area contributed by atoms with Gasteiger partial charge in [-0.05, 0) is 17.5 Å². The van der Waals surface area contributed by atoms with Crippen LogP contribution in [0.4, 0.5) is 0 Å². The van der Waals surface area contributed by atoms with Gasteiger partial charge >= 0.3 is 0 Å². The molecular weight excluding hydrogens is 200 g/mol. The van der Waals surface area contributed by atoms with Crippen LogP contribution in [-0.2, 0) is 0 Å². The van der Waals surface area contributed by atoms with Crippen molar-refractivity contribution >= 4 is 6.08 Å². The Bertz CT molecular complexity index is 373. The van der Waals surface area contributed by atoms with Gasteiger partial charge in [0.25, 0.3) is 0 Å². The highest BCUT2D eigenvalue weighted by Gasteiger charge is 2.06. The summed E-state index contributed by atoms with van der Waals surface area (Å²) < 4.78 is 10.5. The SMILES string of the molecule is COc1ccc(/C=C/C(C)(C)C)c(OC)c1. The molecule has 88 valence electrons. The van der Waals surface area contributed by atoms with E-state index in [-0.39, 0.29) is 5.41 Å². The number of ether oxygens (including phenoxy) is 2. The lowest BCUT2D eigenvalue weighted by Crippen LogP contribution is -1.98. The molecule has 0 saturated heterocycles. The van der Waals surface area contributed by atoms with Crippen molar-refractivity contribution in [3.63, 3.8) is 0 Å². The van der Waals surface area contributed by atoms with Crippen molar-refractivity contribution in [2.24, 2.45) is 5.41 Å². The predicted octanol–water partition coefficient (Wildman–Crippen LogP) is 3.76. The van der Waals surface area contributed by atoms with Crippen LogP contribution < -0.4 is 9.47 Å². The van der Waals surface area contributed by atoms with E-state index >= 15 is 0 Å². The molecule has 0 aliphatic heterocycles. The van der Waals surface area contributed by atoms with Crippen molar-refractivity contribution in [1.82, 2.24) is 0 Å². The zero-order valence-electron chi connectivity index (χ0n) is 10.7. The van der Waals surface area contributed by atoms with E-state index in [1.165, 1.54) is 0 Å². The van der Waals surface area contributed by atoms with Gasteiger partial charge in [0.2, 0.25) is 0 Å². The van der Waals surface area contributed by atoms with Gasteiger partial charge in [0.05, 0.1) is 14.2 Å². The van der Waals surface area contributed by atoms with E-state index in [1.54, 1.807) is 14.2 Å². The number of benzene rings is 1. The normalized spacial score (nSPS) is 11.8. The Balaban J connectivity index is 3.00. The maximum absolute atomic E-state index is 5.32. The van der Waals surface area contributed by atoms with Crippen LogP contribution in [0.1, 0.15) is 26.3 Å². The average Bonchev–Trinajstić information content (AvgIpc) is 2.25. The molecule has 0 aliphatic rings. The third-order valence-corrected chi connectivity index (χ3v) is 2.20. The van der Waals surface area contributed by atoms with Crippen molar-refractivity contribution in [2.75, 3.05) is 14.2 Å². The molecule has 0 atom stereocenters. The molecule has 0 aliphatic carbocycles. The lowest BCUT2D eigenvalue weighted by molar-refractivity contribution is 0.393. The molecule has 0 bridgehead atoms. The van der Waals surface area contributed by atoms with Gasteiger partial charge in [-0.15, -0.1) is 0 Å². The minimum Gasteiger partial charge on any atom is -0.497 e. The summed E-state index contributed by atoms with van der Waals surface area (Å²) in [6, 6.07) is 5.83. The molecule has 0 fully saturated rings. The molecular formula is C14H20O2. The minimum atomic E-state index is 0.172. The number of hydrogen-bond donors (Lipinski definition) is 0. The van der Waals surface area contributed by atoms with Crippen LogP contribution in [0.2, 0.25) is 0 Å². The van der Waals surface area contributed by atoms with E-state index in [0.717, 1.165) is 17.1 Å². The Labute approximate surface area is 97.9 Å². The highest BCUT2D eigenvalue weighted by Crippen LogP contribution is 2.27. The van der Waals surface area contributed by atoms with Crippen LogP contribution in [-0.4, -0.2) is 14.2 Å². The Kier molecular flexibility index (Phi) is 3.99. The molecule has 1 aromatic carbocycles. The van der Waals surface area contributed by atoms with Crippen molar-refractivity contribution in [2.45, 2.75) is 20.8 Å². The number of rotatable bonds is 3. The minimum absolute atomic E-state index is 0.172. The Morgan fingerprint density at radius 2 is 1.75 bits per heavy atom. The second-order valence-corrected chi connectivity index (χ2v) is 4.81. The van der Waals surface area contributed by atoms with Crippen LogP contribution in [0.15, 0.2) is 24.3 Å². The zero-order valence-corrected chi connectivity index (χ0v) is 10.7. The summed E-state index contributed by atoms with van der Waals surface area (Å²) in [6.45, 7) is 6.50. The molecule has 1 rings (SSSR count). The van der Waals surface area contributed by atoms with Gasteiger partial charge in [-0.1, -0.05) is 32.9 Å². The van der Waals surface area contributed by atoms with E-state index in [4.69, 9.17) is 9.47 Å². The van der Waals surface area contributed by atoms with E-state index in [9.17, 15) is 0 Å². The summed E-state index contributed by atoms with van der Waals surface area (Å²) in [5.41, 5.74) is 1.24. The molecule has 0 unspecified atom stereocenters. The second kappa shape index (κ2) is 5.06. The van der Waals surface area contributed by atoms with Crippen LogP contribution >= 0.6 is 0 Å². The van der Waals surface area contributed by atoms with E-state index < -0.39 is 0 Å². The van der Waals surface area contributed by atoms with Crippen LogP contribution in [0.3, 0.4) is 0 Å². The van der Waals surface area contributed by atoms with Gasteiger partial charge in [0, 0.05) is 11.6 Å². The molecule has 1 aromatic rings. The molecule has 0 spiro atoms. The zero-order chi connectivity index (χ0) is 12.2. The van der Waals surface area contributed by atoms with Gasteiger partial charge in [0.1, 0.15) is 11.5 Å². The molecule has 0 heterocycles. The average molecular weight is 220 g/mol. The summed E-state index contributed by atoms with van der Waals surface area (Å²) in [6.07, 6.45) is 4.25. The number of methoxy groups -OCH3 is 2. The van der Waals surface area contributed by atoms with Crippen molar-refractivity contribution in [1.29, 1.82) is 0 Å². The van der Waals surface area contributed by atoms with Gasteiger partial charge < -0.3 is 9.47 Å². The summed E-state index contributed by atoms with van der Waals surface area (Å²) in [4.78, 5) is 0. The summed E-state index contributed by atoms with van der Waals surface area (Å²) in [5, 5.41) is 0. The highest BCUT2D eigenvalue weighted by molar-refractivity contribution is 5.59. The molecule has 0 radical (unpaired) electrons. The third-order valence-electron chi connectivity index (χ3n) is 2.20. The molecule has 0 aromatic heterocycles. The Morgan fingerprint density at radius 3 is 2.25 bits per heavy atom. The van der Waals surface area contributed by atoms with Gasteiger partial charge in [-0.25, -0.2) is 0 Å². The van der Waals surface area contributed by atoms with Gasteiger partial charge in [0.15, 0.2) is 0 Å². The first-order valence-corrected chi connectivity index (χ1v) is 5.37. The first-order chi connectivity index (χ1) is 7.46. The Hall–Kier alpha value is -1.44. The lowest BCUT2D eigenvalue weighted by atomic mass is 9.95. The molecule has 0 amide bonds. The van der Waals surface area contributed by atoms with E-state index in [1.807, 2.05) is 18.2 Å². The summed E-state index contributed by atoms with van der Waals surface area (Å²) in [7, 11) is 3.32. The van der Waals surface area contributed by atoms with Crippen LogP contribution in [0.5, 0.6) is 11.5 Å². The standard InChI is InChI=1S/C14H20O2/c1-14(2,3)9-8-11-6-7-12(15-4)10-13(11)16-5/h6-10H,1-5H3/b9-8+. The fourth-order valence-electron chi connectivity index (χ4n) is 1.30. The van der Waals surface area contributed by atoms with Crippen LogP contribution in [0, 0.1) is 5.41 Å². The maximum Gasteiger partial charge on any atom is 0.129 e. The molecule has 16 heavy (non-hydrogen) atoms. The molecule has 2 heteroatoms. The van der Waals surface area contributed by atoms with E-state index in [0.29, 0.717) is 0 Å². The monoisotopic (exact) mass is 220 g/mol. The number of hydrogen-bond acceptors (Lipinski definition) is 2. The predicted molar refractivity (Wildman–Crippen MR) is 68.0 cm³/mol. The fourth-order valence-corrected chi connectivity index (χ4v) is 1.30. The van der Waals surface area contributed by atoms with Crippen molar-refractivity contribution < 1.29 is 9.47 Å². The second-order valence-electron chi connectivity index (χ2n) is 4.81. The maximum atomic E-state index is 5.32. The smallest absolute Gasteiger partial charge is 0.129 e. The largest absolute Gasteiger partial charge is 0.497 e. The lowest BCUT2D eigenvalue weighted by Gasteiger charge is -2.12. The van der Waals surface area contributed by atoms with Crippen LogP contribution in [0.25, 0.3) is 6.08 Å². The first-order valence-electron chi connectivity index (χ1n) is 5.37. The van der Waals surface area contributed by atoms with Gasteiger partial charge in [-0.2, -0.15) is 0 Å². The number of allylic oxidation sites excluding steroid dienone is 1. The van der Waals surface area contributed by atoms with Crippen molar-refractivity contribution in [3.05, 3.63) is 29.8 Å². The Morgan fingerprint density at radius 1 is 1.06 bits per heavy atom. The van der Waals surface area contributed by atoms with Crippen molar-refractivity contribution in [3.8, 4) is 11.5 Å². The topological polar surface area (TPSA) is 18.5 Å². The summed E-state index contributed by atoms with van der Waals surface area (Å²) in [5.74, 6) is 1.64. The molecule has 2 nitrogen and oxygen atoms in total. The quantitative estimate of drug-likeness (QED) is 0.772. The fraction of sp³-hybridized carbons (Fsp3) is 0.429. The molecule has 0 N–H and O–H groups in total. The molecule has 0 saturated carbocycles. The highest BCUT2D eigenvalue weighted by atomic mass is 16.5. The van der Waals surface area contributed by atoms with Gasteiger partial charge in [-0.3, -0.25) is 0 Å². The third kappa shape index (κ3) is 3.61. The van der Waals surface area contributed by atoms with E-state index in [2.05, 4.69) is 32.9 Å². The summed E-state index contributed by atoms with van der Waals surface area (Å²) >= 11 is 0.